The summed E-state index contributed by atoms with van der Waals surface area (Å²) in [7, 11) is 0. The first-order valence-corrected chi connectivity index (χ1v) is 10.2. The molecule has 30 heavy (non-hydrogen) atoms. The van der Waals surface area contributed by atoms with Gasteiger partial charge in [0.1, 0.15) is 6.54 Å². The van der Waals surface area contributed by atoms with E-state index in [9.17, 15) is 9.59 Å². The van der Waals surface area contributed by atoms with Gasteiger partial charge in [0.2, 0.25) is 5.91 Å². The summed E-state index contributed by atoms with van der Waals surface area (Å²) < 4.78 is 7.50. The SMILES string of the molecule is CC(C)(C)N(CC(=O)N1CCn2cccc2[C@H]1c1ccccc1)C(=O)c1ccco1. The van der Waals surface area contributed by atoms with Crippen molar-refractivity contribution in [2.24, 2.45) is 0 Å². The molecule has 0 fully saturated rings. The molecule has 6 heteroatoms. The highest BCUT2D eigenvalue weighted by molar-refractivity contribution is 5.95. The number of aromatic nitrogens is 1. The Labute approximate surface area is 176 Å². The summed E-state index contributed by atoms with van der Waals surface area (Å²) in [5.74, 6) is -0.117. The average Bonchev–Trinajstić information content (AvgIpc) is 3.42. The molecule has 3 aromatic rings. The molecule has 2 amide bonds. The van der Waals surface area contributed by atoms with Gasteiger partial charge in [-0.05, 0) is 50.6 Å². The van der Waals surface area contributed by atoms with E-state index in [2.05, 4.69) is 16.8 Å². The van der Waals surface area contributed by atoms with Crippen molar-refractivity contribution in [3.63, 3.8) is 0 Å². The van der Waals surface area contributed by atoms with Crippen LogP contribution in [0.1, 0.15) is 48.6 Å². The molecule has 0 saturated carbocycles. The summed E-state index contributed by atoms with van der Waals surface area (Å²) in [5.41, 5.74) is 1.61. The zero-order valence-corrected chi connectivity index (χ0v) is 17.6. The third-order valence-corrected chi connectivity index (χ3v) is 5.55. The minimum absolute atomic E-state index is 0.00687. The van der Waals surface area contributed by atoms with Crippen molar-refractivity contribution in [2.45, 2.75) is 38.9 Å². The summed E-state index contributed by atoms with van der Waals surface area (Å²) in [6.07, 6.45) is 3.52. The van der Waals surface area contributed by atoms with Crippen LogP contribution in [0.25, 0.3) is 0 Å². The van der Waals surface area contributed by atoms with E-state index in [1.165, 1.54) is 6.26 Å². The quantitative estimate of drug-likeness (QED) is 0.660. The molecule has 156 valence electrons. The zero-order valence-electron chi connectivity index (χ0n) is 17.6. The Morgan fingerprint density at radius 2 is 1.80 bits per heavy atom. The van der Waals surface area contributed by atoms with Crippen LogP contribution in [-0.4, -0.2) is 44.8 Å². The van der Waals surface area contributed by atoms with E-state index in [1.54, 1.807) is 17.0 Å². The molecule has 0 bridgehead atoms. The number of hydrogen-bond donors (Lipinski definition) is 0. The fraction of sp³-hybridized carbons (Fsp3) is 0.333. The first-order valence-electron chi connectivity index (χ1n) is 10.2. The highest BCUT2D eigenvalue weighted by Crippen LogP contribution is 2.33. The lowest BCUT2D eigenvalue weighted by atomic mass is 9.99. The van der Waals surface area contributed by atoms with Gasteiger partial charge >= 0.3 is 0 Å². The standard InChI is InChI=1S/C24H27N3O3/c1-24(2,3)27(23(29)20-12-8-16-30-20)17-21(28)26-15-14-25-13-7-11-19(25)22(26)18-9-5-4-6-10-18/h4-13,16,22H,14-15,17H2,1-3H3/t22-/m1/s1. The van der Waals surface area contributed by atoms with Crippen molar-refractivity contribution in [3.8, 4) is 0 Å². The Bertz CT molecular complexity index is 1020. The zero-order chi connectivity index (χ0) is 21.3. The van der Waals surface area contributed by atoms with E-state index < -0.39 is 5.54 Å². The highest BCUT2D eigenvalue weighted by atomic mass is 16.3. The topological polar surface area (TPSA) is 58.7 Å². The van der Waals surface area contributed by atoms with Gasteiger partial charge in [-0.3, -0.25) is 9.59 Å². The molecular formula is C24H27N3O3. The smallest absolute Gasteiger partial charge is 0.290 e. The van der Waals surface area contributed by atoms with Gasteiger partial charge in [0.25, 0.3) is 5.91 Å². The van der Waals surface area contributed by atoms with Crippen molar-refractivity contribution < 1.29 is 14.0 Å². The molecule has 0 N–H and O–H groups in total. The number of hydrogen-bond acceptors (Lipinski definition) is 3. The van der Waals surface area contributed by atoms with Gasteiger partial charge < -0.3 is 18.8 Å². The predicted octanol–water partition coefficient (Wildman–Crippen LogP) is 3.95. The molecule has 0 spiro atoms. The normalized spacial score (nSPS) is 16.2. The maximum Gasteiger partial charge on any atom is 0.290 e. The van der Waals surface area contributed by atoms with E-state index in [-0.39, 0.29) is 30.2 Å². The fourth-order valence-electron chi connectivity index (χ4n) is 4.01. The number of carbonyl (C=O) groups is 2. The summed E-state index contributed by atoms with van der Waals surface area (Å²) in [6, 6.07) is 17.2. The van der Waals surface area contributed by atoms with Crippen molar-refractivity contribution in [3.05, 3.63) is 84.1 Å². The lowest BCUT2D eigenvalue weighted by Crippen LogP contribution is -2.53. The lowest BCUT2D eigenvalue weighted by molar-refractivity contribution is -0.135. The Balaban J connectivity index is 1.64. The van der Waals surface area contributed by atoms with Crippen LogP contribution in [0.4, 0.5) is 0 Å². The molecule has 2 aromatic heterocycles. The minimum atomic E-state index is -0.530. The summed E-state index contributed by atoms with van der Waals surface area (Å²) >= 11 is 0. The molecule has 0 unspecified atom stereocenters. The second-order valence-corrected chi connectivity index (χ2v) is 8.57. The van der Waals surface area contributed by atoms with Crippen LogP contribution in [-0.2, 0) is 11.3 Å². The number of nitrogens with zero attached hydrogens (tertiary/aromatic N) is 3. The Morgan fingerprint density at radius 3 is 2.47 bits per heavy atom. The Morgan fingerprint density at radius 1 is 1.03 bits per heavy atom. The minimum Gasteiger partial charge on any atom is -0.459 e. The molecular weight excluding hydrogens is 378 g/mol. The molecule has 3 heterocycles. The molecule has 1 aliphatic rings. The van der Waals surface area contributed by atoms with Crippen LogP contribution in [0.5, 0.6) is 0 Å². The van der Waals surface area contributed by atoms with Gasteiger partial charge in [0, 0.05) is 30.5 Å². The molecule has 0 radical (unpaired) electrons. The monoisotopic (exact) mass is 405 g/mol. The van der Waals surface area contributed by atoms with Crippen molar-refractivity contribution in [1.29, 1.82) is 0 Å². The summed E-state index contributed by atoms with van der Waals surface area (Å²) in [6.45, 7) is 7.10. The third kappa shape index (κ3) is 3.77. The molecule has 1 aromatic carbocycles. The highest BCUT2D eigenvalue weighted by Gasteiger charge is 2.36. The number of rotatable bonds is 4. The molecule has 0 saturated heterocycles. The van der Waals surface area contributed by atoms with Crippen molar-refractivity contribution in [1.82, 2.24) is 14.4 Å². The van der Waals surface area contributed by atoms with Gasteiger partial charge in [0.05, 0.1) is 12.3 Å². The van der Waals surface area contributed by atoms with Gasteiger partial charge in [-0.1, -0.05) is 30.3 Å². The third-order valence-electron chi connectivity index (χ3n) is 5.55. The van der Waals surface area contributed by atoms with E-state index in [4.69, 9.17) is 4.42 Å². The average molecular weight is 405 g/mol. The van der Waals surface area contributed by atoms with Crippen LogP contribution < -0.4 is 0 Å². The van der Waals surface area contributed by atoms with Gasteiger partial charge in [-0.15, -0.1) is 0 Å². The maximum absolute atomic E-state index is 13.5. The van der Waals surface area contributed by atoms with Crippen LogP contribution in [0, 0.1) is 0 Å². The fourth-order valence-corrected chi connectivity index (χ4v) is 4.01. The number of fused-ring (bicyclic) bond motifs is 1. The Hall–Kier alpha value is -3.28. The van der Waals surface area contributed by atoms with Gasteiger partial charge in [-0.2, -0.15) is 0 Å². The molecule has 6 nitrogen and oxygen atoms in total. The summed E-state index contributed by atoms with van der Waals surface area (Å²) in [4.78, 5) is 30.0. The number of amides is 2. The summed E-state index contributed by atoms with van der Waals surface area (Å²) in [5, 5.41) is 0. The number of carbonyl (C=O) groups excluding carboxylic acids is 2. The van der Waals surface area contributed by atoms with E-state index >= 15 is 0 Å². The van der Waals surface area contributed by atoms with E-state index in [1.807, 2.05) is 62.1 Å². The Kier molecular flexibility index (Phi) is 5.24. The van der Waals surface area contributed by atoms with Crippen LogP contribution >= 0.6 is 0 Å². The van der Waals surface area contributed by atoms with E-state index in [0.717, 1.165) is 17.8 Å². The maximum atomic E-state index is 13.5. The predicted molar refractivity (Wildman–Crippen MR) is 114 cm³/mol. The van der Waals surface area contributed by atoms with Gasteiger partial charge in [-0.25, -0.2) is 0 Å². The molecule has 0 aliphatic carbocycles. The molecule has 1 aliphatic heterocycles. The van der Waals surface area contributed by atoms with Crippen LogP contribution in [0.2, 0.25) is 0 Å². The molecule has 4 rings (SSSR count). The van der Waals surface area contributed by atoms with E-state index in [0.29, 0.717) is 6.54 Å². The lowest BCUT2D eigenvalue weighted by Gasteiger charge is -2.40. The first-order chi connectivity index (χ1) is 14.4. The van der Waals surface area contributed by atoms with Crippen molar-refractivity contribution in [2.75, 3.05) is 13.1 Å². The largest absolute Gasteiger partial charge is 0.459 e. The number of benzene rings is 1. The van der Waals surface area contributed by atoms with Crippen LogP contribution in [0.15, 0.2) is 71.5 Å². The van der Waals surface area contributed by atoms with Gasteiger partial charge in [0.15, 0.2) is 5.76 Å². The first kappa shape index (κ1) is 20.0. The van der Waals surface area contributed by atoms with Crippen LogP contribution in [0.3, 0.4) is 0 Å². The second kappa shape index (κ2) is 7.86. The van der Waals surface area contributed by atoms with Crippen molar-refractivity contribution >= 4 is 11.8 Å². The number of furan rings is 1. The molecule has 1 atom stereocenters. The second-order valence-electron chi connectivity index (χ2n) is 8.57.